The van der Waals surface area contributed by atoms with Crippen LogP contribution in [0.25, 0.3) is 0 Å². The number of fused-ring (bicyclic) bond motifs is 7. The summed E-state index contributed by atoms with van der Waals surface area (Å²) in [7, 11) is 1.73. The van der Waals surface area contributed by atoms with Gasteiger partial charge in [0.05, 0.1) is 12.2 Å². The Hall–Kier alpha value is -0.380. The van der Waals surface area contributed by atoms with Crippen LogP contribution in [0.2, 0.25) is 0 Å². The minimum absolute atomic E-state index is 0.413. The quantitative estimate of drug-likeness (QED) is 0.405. The highest BCUT2D eigenvalue weighted by Crippen LogP contribution is 2.71. The molecule has 4 saturated carbocycles. The number of rotatable bonds is 3. The Labute approximate surface area is 158 Å². The Kier molecular flexibility index (Phi) is 4.12. The first-order valence-electron chi connectivity index (χ1n) is 11.0. The Bertz CT molecular complexity index is 600. The van der Waals surface area contributed by atoms with E-state index in [1.807, 2.05) is 0 Å². The minimum atomic E-state index is 0.413. The molecule has 5 fully saturated rings. The lowest BCUT2D eigenvalue weighted by Crippen LogP contribution is -2.54. The van der Waals surface area contributed by atoms with E-state index in [1.165, 1.54) is 44.9 Å². The standard InChI is InChI=1S/C23H36O3/c1-5-17-20-21(26-20)19-16-7-6-14-12-15(25-13-24-4)8-10-22(14,2)18(16)9-11-23(17,19)3/h5,14-16,18-21H,6-13H2,1-4H3/b17-5-/t14-,15-,16+,18-,19+,20+,21-,22-,23+/m0/s1. The zero-order valence-electron chi connectivity index (χ0n) is 17.0. The zero-order chi connectivity index (χ0) is 18.1. The van der Waals surface area contributed by atoms with Crippen molar-refractivity contribution in [2.45, 2.75) is 84.0 Å². The highest BCUT2D eigenvalue weighted by atomic mass is 16.7. The van der Waals surface area contributed by atoms with Gasteiger partial charge >= 0.3 is 0 Å². The van der Waals surface area contributed by atoms with E-state index in [-0.39, 0.29) is 0 Å². The molecule has 0 N–H and O–H groups in total. The summed E-state index contributed by atoms with van der Waals surface area (Å²) in [5.41, 5.74) is 2.57. The van der Waals surface area contributed by atoms with E-state index < -0.39 is 0 Å². The van der Waals surface area contributed by atoms with E-state index in [2.05, 4.69) is 26.8 Å². The Morgan fingerprint density at radius 2 is 2.00 bits per heavy atom. The number of hydrogen-bond donors (Lipinski definition) is 0. The summed E-state index contributed by atoms with van der Waals surface area (Å²) in [5, 5.41) is 0. The fraction of sp³-hybridized carbons (Fsp3) is 0.913. The number of allylic oxidation sites excluding steroid dienone is 1. The van der Waals surface area contributed by atoms with Crippen molar-refractivity contribution in [1.29, 1.82) is 0 Å². The van der Waals surface area contributed by atoms with Gasteiger partial charge < -0.3 is 14.2 Å². The van der Waals surface area contributed by atoms with Gasteiger partial charge in [0, 0.05) is 13.0 Å². The largest absolute Gasteiger partial charge is 0.364 e. The molecular weight excluding hydrogens is 324 g/mol. The summed E-state index contributed by atoms with van der Waals surface area (Å²) >= 11 is 0. The number of ether oxygens (including phenoxy) is 3. The highest BCUT2D eigenvalue weighted by molar-refractivity contribution is 5.36. The molecule has 0 aromatic carbocycles. The van der Waals surface area contributed by atoms with Gasteiger partial charge in [-0.2, -0.15) is 0 Å². The van der Waals surface area contributed by atoms with Gasteiger partial charge in [-0.25, -0.2) is 0 Å². The predicted molar refractivity (Wildman–Crippen MR) is 102 cm³/mol. The molecule has 3 nitrogen and oxygen atoms in total. The lowest BCUT2D eigenvalue weighted by Gasteiger charge is -2.60. The van der Waals surface area contributed by atoms with Gasteiger partial charge in [0.1, 0.15) is 12.9 Å². The van der Waals surface area contributed by atoms with Crippen molar-refractivity contribution in [1.82, 2.24) is 0 Å². The minimum Gasteiger partial charge on any atom is -0.364 e. The zero-order valence-corrected chi connectivity index (χ0v) is 17.0. The number of epoxide rings is 1. The van der Waals surface area contributed by atoms with Crippen LogP contribution in [-0.2, 0) is 14.2 Å². The van der Waals surface area contributed by atoms with E-state index in [9.17, 15) is 0 Å². The highest BCUT2D eigenvalue weighted by Gasteiger charge is 2.69. The monoisotopic (exact) mass is 360 g/mol. The molecule has 1 saturated heterocycles. The molecule has 5 rings (SSSR count). The van der Waals surface area contributed by atoms with E-state index >= 15 is 0 Å². The average Bonchev–Trinajstić information content (AvgIpc) is 3.34. The summed E-state index contributed by atoms with van der Waals surface area (Å²) in [4.78, 5) is 0. The van der Waals surface area contributed by atoms with Gasteiger partial charge in [0.25, 0.3) is 0 Å². The van der Waals surface area contributed by atoms with Gasteiger partial charge in [-0.15, -0.1) is 0 Å². The average molecular weight is 361 g/mol. The maximum Gasteiger partial charge on any atom is 0.146 e. The second-order valence-electron chi connectivity index (χ2n) is 10.3. The lowest BCUT2D eigenvalue weighted by molar-refractivity contribution is -0.151. The molecule has 0 unspecified atom stereocenters. The second-order valence-corrected chi connectivity index (χ2v) is 10.3. The maximum absolute atomic E-state index is 6.17. The number of methoxy groups -OCH3 is 1. The molecule has 0 radical (unpaired) electrons. The van der Waals surface area contributed by atoms with Crippen LogP contribution in [0.15, 0.2) is 11.6 Å². The van der Waals surface area contributed by atoms with Gasteiger partial charge in [0.2, 0.25) is 0 Å². The van der Waals surface area contributed by atoms with Crippen LogP contribution in [0.3, 0.4) is 0 Å². The first kappa shape index (κ1) is 17.7. The van der Waals surface area contributed by atoms with Crippen LogP contribution in [0.1, 0.15) is 65.7 Å². The third kappa shape index (κ3) is 2.29. The van der Waals surface area contributed by atoms with Crippen molar-refractivity contribution in [2.24, 2.45) is 34.5 Å². The maximum atomic E-state index is 6.17. The Morgan fingerprint density at radius 3 is 2.77 bits per heavy atom. The third-order valence-electron chi connectivity index (χ3n) is 9.45. The smallest absolute Gasteiger partial charge is 0.146 e. The van der Waals surface area contributed by atoms with Crippen LogP contribution >= 0.6 is 0 Å². The molecule has 9 atom stereocenters. The molecule has 1 heterocycles. The molecule has 0 spiro atoms. The molecule has 146 valence electrons. The fourth-order valence-corrected chi connectivity index (χ4v) is 8.19. The molecule has 26 heavy (non-hydrogen) atoms. The third-order valence-corrected chi connectivity index (χ3v) is 9.45. The van der Waals surface area contributed by atoms with Crippen molar-refractivity contribution in [3.8, 4) is 0 Å². The normalized spacial score (nSPS) is 56.5. The van der Waals surface area contributed by atoms with Gasteiger partial charge in [-0.1, -0.05) is 19.9 Å². The summed E-state index contributed by atoms with van der Waals surface area (Å²) in [5.74, 6) is 3.38. The van der Waals surface area contributed by atoms with Gasteiger partial charge in [0.15, 0.2) is 0 Å². The van der Waals surface area contributed by atoms with E-state index in [4.69, 9.17) is 14.2 Å². The predicted octanol–water partition coefficient (Wildman–Crippen LogP) is 4.95. The topological polar surface area (TPSA) is 31.0 Å². The molecule has 3 heteroatoms. The van der Waals surface area contributed by atoms with E-state index in [0.717, 1.165) is 23.7 Å². The summed E-state index contributed by atoms with van der Waals surface area (Å²) in [6.45, 7) is 7.86. The van der Waals surface area contributed by atoms with E-state index in [0.29, 0.717) is 35.9 Å². The molecule has 0 aromatic rings. The Morgan fingerprint density at radius 1 is 1.15 bits per heavy atom. The van der Waals surface area contributed by atoms with Crippen LogP contribution < -0.4 is 0 Å². The Balaban J connectivity index is 1.38. The second kappa shape index (κ2) is 6.06. The van der Waals surface area contributed by atoms with Crippen molar-refractivity contribution >= 4 is 0 Å². The summed E-state index contributed by atoms with van der Waals surface area (Å²) in [6.07, 6.45) is 13.2. The molecule has 0 bridgehead atoms. The van der Waals surface area contributed by atoms with Crippen molar-refractivity contribution in [3.05, 3.63) is 11.6 Å². The molecular formula is C23H36O3. The van der Waals surface area contributed by atoms with E-state index in [1.54, 1.807) is 12.7 Å². The summed E-state index contributed by atoms with van der Waals surface area (Å²) in [6, 6.07) is 0. The van der Waals surface area contributed by atoms with Crippen LogP contribution in [0.5, 0.6) is 0 Å². The van der Waals surface area contributed by atoms with Crippen LogP contribution in [-0.4, -0.2) is 32.2 Å². The first-order chi connectivity index (χ1) is 12.5. The number of hydrogen-bond acceptors (Lipinski definition) is 3. The van der Waals surface area contributed by atoms with Crippen LogP contribution in [0, 0.1) is 34.5 Å². The van der Waals surface area contributed by atoms with Crippen molar-refractivity contribution in [2.75, 3.05) is 13.9 Å². The lowest BCUT2D eigenvalue weighted by atomic mass is 9.45. The summed E-state index contributed by atoms with van der Waals surface area (Å²) < 4.78 is 17.3. The molecule has 5 aliphatic rings. The molecule has 1 aliphatic heterocycles. The van der Waals surface area contributed by atoms with Crippen molar-refractivity contribution in [3.63, 3.8) is 0 Å². The fourth-order valence-electron chi connectivity index (χ4n) is 8.19. The molecule has 0 amide bonds. The van der Waals surface area contributed by atoms with Gasteiger partial charge in [-0.3, -0.25) is 0 Å². The SMILES string of the molecule is C/C=C1/[C@H]2O[C@H]2[C@H]2[C@@H]3CC[C@H]4C[C@@H](OCOC)CC[C@]4(C)[C@H]3CC[C@]12C. The first-order valence-corrected chi connectivity index (χ1v) is 11.0. The molecule has 4 aliphatic carbocycles. The van der Waals surface area contributed by atoms with Crippen LogP contribution in [0.4, 0.5) is 0 Å². The molecule has 0 aromatic heterocycles. The van der Waals surface area contributed by atoms with Crippen molar-refractivity contribution < 1.29 is 14.2 Å². The van der Waals surface area contributed by atoms with Gasteiger partial charge in [-0.05, 0) is 86.0 Å².